The Morgan fingerprint density at radius 3 is 2.47 bits per heavy atom. The Bertz CT molecular complexity index is 1320. The lowest BCUT2D eigenvalue weighted by Gasteiger charge is -2.14. The summed E-state index contributed by atoms with van der Waals surface area (Å²) in [4.78, 5) is 12.6. The van der Waals surface area contributed by atoms with E-state index in [4.69, 9.17) is 11.6 Å². The summed E-state index contributed by atoms with van der Waals surface area (Å²) in [6.45, 7) is 1.21. The third kappa shape index (κ3) is 6.35. The minimum absolute atomic E-state index is 0.0241. The van der Waals surface area contributed by atoms with E-state index in [0.29, 0.717) is 5.02 Å². The zero-order chi connectivity index (χ0) is 25.3. The van der Waals surface area contributed by atoms with E-state index >= 15 is 0 Å². The molecule has 0 aliphatic carbocycles. The van der Waals surface area contributed by atoms with Gasteiger partial charge in [-0.1, -0.05) is 29.8 Å². The molecule has 1 N–H and O–H groups in total. The van der Waals surface area contributed by atoms with Crippen LogP contribution in [0.5, 0.6) is 0 Å². The average Bonchev–Trinajstić information content (AvgIpc) is 3.17. The second kappa shape index (κ2) is 9.75. The number of sulfone groups is 1. The van der Waals surface area contributed by atoms with Gasteiger partial charge < -0.3 is 5.32 Å². The van der Waals surface area contributed by atoms with Crippen molar-refractivity contribution >= 4 is 27.3 Å². The molecule has 0 aliphatic heterocycles. The second-order valence-electron chi connectivity index (χ2n) is 7.77. The SMILES string of the molecule is CC(C(=O)NCc1cc(C(F)(F)F)nn1-c1cccc(Cl)c1)c1ccc(CS(C)(=O)=O)c(F)c1. The highest BCUT2D eigenvalue weighted by Gasteiger charge is 2.35. The topological polar surface area (TPSA) is 81.1 Å². The van der Waals surface area contributed by atoms with Gasteiger partial charge in [-0.2, -0.15) is 18.3 Å². The molecule has 6 nitrogen and oxygen atoms in total. The van der Waals surface area contributed by atoms with Crippen LogP contribution in [0.2, 0.25) is 5.02 Å². The van der Waals surface area contributed by atoms with Gasteiger partial charge in [0.15, 0.2) is 15.5 Å². The average molecular weight is 518 g/mol. The molecule has 3 aromatic rings. The number of halogens is 5. The lowest BCUT2D eigenvalue weighted by atomic mass is 9.99. The van der Waals surface area contributed by atoms with E-state index in [0.717, 1.165) is 23.1 Å². The molecule has 0 radical (unpaired) electrons. The monoisotopic (exact) mass is 517 g/mol. The van der Waals surface area contributed by atoms with E-state index in [2.05, 4.69) is 10.4 Å². The molecule has 0 spiro atoms. The first-order valence-electron chi connectivity index (χ1n) is 9.90. The molecule has 1 unspecified atom stereocenters. The van der Waals surface area contributed by atoms with Crippen LogP contribution >= 0.6 is 11.6 Å². The van der Waals surface area contributed by atoms with Crippen molar-refractivity contribution in [1.29, 1.82) is 0 Å². The van der Waals surface area contributed by atoms with Crippen molar-refractivity contribution in [1.82, 2.24) is 15.1 Å². The molecule has 1 atom stereocenters. The molecular formula is C22H20ClF4N3O3S. The van der Waals surface area contributed by atoms with Crippen molar-refractivity contribution in [2.24, 2.45) is 0 Å². The Morgan fingerprint density at radius 1 is 1.18 bits per heavy atom. The first-order chi connectivity index (χ1) is 15.7. The lowest BCUT2D eigenvalue weighted by Crippen LogP contribution is -2.28. The van der Waals surface area contributed by atoms with Gasteiger partial charge in [0.05, 0.1) is 29.6 Å². The van der Waals surface area contributed by atoms with Crippen LogP contribution in [0.15, 0.2) is 48.5 Å². The van der Waals surface area contributed by atoms with E-state index in [1.807, 2.05) is 0 Å². The number of carbonyl (C=O) groups excluding carboxylic acids is 1. The number of rotatable bonds is 7. The molecule has 34 heavy (non-hydrogen) atoms. The Morgan fingerprint density at radius 2 is 1.88 bits per heavy atom. The Kier molecular flexibility index (Phi) is 7.37. The maximum atomic E-state index is 14.3. The fraction of sp³-hybridized carbons (Fsp3) is 0.273. The summed E-state index contributed by atoms with van der Waals surface area (Å²) in [5.74, 6) is -2.67. The second-order valence-corrected chi connectivity index (χ2v) is 10.3. The minimum Gasteiger partial charge on any atom is -0.350 e. The fourth-order valence-corrected chi connectivity index (χ4v) is 4.21. The zero-order valence-electron chi connectivity index (χ0n) is 18.0. The molecule has 1 amide bonds. The van der Waals surface area contributed by atoms with Gasteiger partial charge in [-0.05, 0) is 42.8 Å². The van der Waals surface area contributed by atoms with Crippen molar-refractivity contribution in [3.8, 4) is 5.69 Å². The van der Waals surface area contributed by atoms with Crippen molar-refractivity contribution in [2.45, 2.75) is 31.3 Å². The highest BCUT2D eigenvalue weighted by atomic mass is 35.5. The van der Waals surface area contributed by atoms with E-state index in [1.165, 1.54) is 31.2 Å². The van der Waals surface area contributed by atoms with Crippen LogP contribution in [-0.4, -0.2) is 30.4 Å². The third-order valence-electron chi connectivity index (χ3n) is 4.96. The predicted molar refractivity (Wildman–Crippen MR) is 119 cm³/mol. The van der Waals surface area contributed by atoms with E-state index < -0.39 is 45.1 Å². The van der Waals surface area contributed by atoms with Gasteiger partial charge in [0.2, 0.25) is 5.91 Å². The highest BCUT2D eigenvalue weighted by Crippen LogP contribution is 2.30. The van der Waals surface area contributed by atoms with Crippen molar-refractivity contribution in [3.05, 3.63) is 81.9 Å². The molecule has 12 heteroatoms. The number of nitrogens with one attached hydrogen (secondary N) is 1. The zero-order valence-corrected chi connectivity index (χ0v) is 19.6. The maximum Gasteiger partial charge on any atom is 0.435 e. The summed E-state index contributed by atoms with van der Waals surface area (Å²) in [5.41, 5.74) is -0.530. The number of carbonyl (C=O) groups is 1. The van der Waals surface area contributed by atoms with Crippen LogP contribution < -0.4 is 5.32 Å². The molecule has 0 saturated carbocycles. The molecule has 182 valence electrons. The van der Waals surface area contributed by atoms with Gasteiger partial charge in [0.1, 0.15) is 5.82 Å². The predicted octanol–water partition coefficient (Wildman–Crippen LogP) is 4.65. The van der Waals surface area contributed by atoms with Gasteiger partial charge >= 0.3 is 6.18 Å². The summed E-state index contributed by atoms with van der Waals surface area (Å²) in [6.07, 6.45) is -3.71. The largest absolute Gasteiger partial charge is 0.435 e. The van der Waals surface area contributed by atoms with Gasteiger partial charge in [-0.25, -0.2) is 17.5 Å². The first kappa shape index (κ1) is 25.7. The molecule has 0 aliphatic rings. The molecule has 1 aromatic heterocycles. The fourth-order valence-electron chi connectivity index (χ4n) is 3.23. The summed E-state index contributed by atoms with van der Waals surface area (Å²) in [6, 6.07) is 10.7. The number of hydrogen-bond donors (Lipinski definition) is 1. The number of nitrogens with zero attached hydrogens (tertiary/aromatic N) is 2. The molecule has 0 bridgehead atoms. The van der Waals surface area contributed by atoms with Gasteiger partial charge in [-0.15, -0.1) is 0 Å². The number of amides is 1. The van der Waals surface area contributed by atoms with Crippen LogP contribution in [0.25, 0.3) is 5.69 Å². The summed E-state index contributed by atoms with van der Waals surface area (Å²) < 4.78 is 77.9. The molecular weight excluding hydrogens is 498 g/mol. The Balaban J connectivity index is 1.80. The number of alkyl halides is 3. The molecule has 3 rings (SSSR count). The summed E-state index contributed by atoms with van der Waals surface area (Å²) in [7, 11) is -3.44. The first-order valence-corrected chi connectivity index (χ1v) is 12.3. The molecule has 1 heterocycles. The van der Waals surface area contributed by atoms with Crippen LogP contribution in [0.4, 0.5) is 17.6 Å². The minimum atomic E-state index is -4.69. The quantitative estimate of drug-likeness (QED) is 0.463. The Labute approximate surface area is 198 Å². The number of benzene rings is 2. The third-order valence-corrected chi connectivity index (χ3v) is 6.03. The van der Waals surface area contributed by atoms with Crippen molar-refractivity contribution in [3.63, 3.8) is 0 Å². The molecule has 0 saturated heterocycles. The van der Waals surface area contributed by atoms with Crippen LogP contribution in [0.1, 0.15) is 35.4 Å². The van der Waals surface area contributed by atoms with Gasteiger partial charge in [0, 0.05) is 16.8 Å². The highest BCUT2D eigenvalue weighted by molar-refractivity contribution is 7.89. The van der Waals surface area contributed by atoms with E-state index in [9.17, 15) is 30.8 Å². The van der Waals surface area contributed by atoms with Crippen molar-refractivity contribution in [2.75, 3.05) is 6.26 Å². The maximum absolute atomic E-state index is 14.3. The number of hydrogen-bond acceptors (Lipinski definition) is 4. The Hall–Kier alpha value is -2.92. The summed E-state index contributed by atoms with van der Waals surface area (Å²) >= 11 is 5.94. The van der Waals surface area contributed by atoms with E-state index in [1.54, 1.807) is 12.1 Å². The smallest absolute Gasteiger partial charge is 0.350 e. The molecule has 2 aromatic carbocycles. The van der Waals surface area contributed by atoms with Crippen LogP contribution in [0, 0.1) is 5.82 Å². The molecule has 0 fully saturated rings. The normalized spacial score (nSPS) is 13.0. The van der Waals surface area contributed by atoms with Crippen LogP contribution in [0.3, 0.4) is 0 Å². The summed E-state index contributed by atoms with van der Waals surface area (Å²) in [5, 5.41) is 6.45. The number of aromatic nitrogens is 2. The lowest BCUT2D eigenvalue weighted by molar-refractivity contribution is -0.141. The standard InChI is InChI=1S/C22H20ClF4N3O3S/c1-13(14-6-7-15(19(24)8-14)12-34(2,32)33)21(31)28-11-18-10-20(22(25,26)27)29-30(18)17-5-3-4-16(23)9-17/h3-10,13H,11-12H2,1-2H3,(H,28,31). The van der Waals surface area contributed by atoms with Gasteiger partial charge in [-0.3, -0.25) is 4.79 Å². The van der Waals surface area contributed by atoms with Crippen molar-refractivity contribution < 1.29 is 30.8 Å². The van der Waals surface area contributed by atoms with Gasteiger partial charge in [0.25, 0.3) is 0 Å². The van der Waals surface area contributed by atoms with Crippen LogP contribution in [-0.2, 0) is 33.1 Å². The van der Waals surface area contributed by atoms with E-state index in [-0.39, 0.29) is 29.1 Å².